The Morgan fingerprint density at radius 2 is 2.00 bits per heavy atom. The summed E-state index contributed by atoms with van der Waals surface area (Å²) in [5.74, 6) is -1.12. The molecule has 1 aromatic carbocycles. The highest BCUT2D eigenvalue weighted by Gasteiger charge is 2.52. The summed E-state index contributed by atoms with van der Waals surface area (Å²) in [5, 5.41) is 9.64. The summed E-state index contributed by atoms with van der Waals surface area (Å²) >= 11 is 0. The van der Waals surface area contributed by atoms with Gasteiger partial charge < -0.3 is 9.84 Å². The third kappa shape index (κ3) is 3.14. The van der Waals surface area contributed by atoms with E-state index in [1.807, 2.05) is 0 Å². The highest BCUT2D eigenvalue weighted by molar-refractivity contribution is 5.70. The van der Waals surface area contributed by atoms with Gasteiger partial charge in [-0.3, -0.25) is 4.79 Å². The van der Waals surface area contributed by atoms with Crippen molar-refractivity contribution in [2.45, 2.75) is 25.6 Å². The molecule has 0 amide bonds. The van der Waals surface area contributed by atoms with Crippen LogP contribution in [0.5, 0.6) is 5.75 Å². The Morgan fingerprint density at radius 1 is 1.42 bits per heavy atom. The van der Waals surface area contributed by atoms with Crippen LogP contribution in [0.2, 0.25) is 0 Å². The number of hydrogen-bond donors (Lipinski definition) is 1. The predicted molar refractivity (Wildman–Crippen MR) is 63.5 cm³/mol. The van der Waals surface area contributed by atoms with Gasteiger partial charge in [0.05, 0.1) is 0 Å². The van der Waals surface area contributed by atoms with Crippen LogP contribution in [0, 0.1) is 0 Å². The Balaban J connectivity index is 3.42. The summed E-state index contributed by atoms with van der Waals surface area (Å²) in [6.07, 6.45) is -3.50. The third-order valence-corrected chi connectivity index (χ3v) is 2.57. The second-order valence-corrected chi connectivity index (χ2v) is 4.12. The number of aliphatic hydroxyl groups is 1. The van der Waals surface area contributed by atoms with E-state index < -0.39 is 23.3 Å². The number of esters is 1. The molecule has 6 heteroatoms. The van der Waals surface area contributed by atoms with Gasteiger partial charge in [-0.25, -0.2) is 0 Å². The zero-order valence-corrected chi connectivity index (χ0v) is 10.4. The normalized spacial score (nSPS) is 14.6. The number of alkyl halides is 3. The Morgan fingerprint density at radius 3 is 2.42 bits per heavy atom. The fourth-order valence-electron chi connectivity index (χ4n) is 1.46. The van der Waals surface area contributed by atoms with Crippen molar-refractivity contribution in [2.75, 3.05) is 0 Å². The van der Waals surface area contributed by atoms with Gasteiger partial charge in [0.2, 0.25) is 0 Å². The van der Waals surface area contributed by atoms with Gasteiger partial charge in [-0.1, -0.05) is 24.8 Å². The maximum absolute atomic E-state index is 12.8. The van der Waals surface area contributed by atoms with Crippen LogP contribution in [0.25, 0.3) is 6.08 Å². The summed E-state index contributed by atoms with van der Waals surface area (Å²) < 4.78 is 43.1. The smallest absolute Gasteiger partial charge is 0.421 e. The van der Waals surface area contributed by atoms with Crippen molar-refractivity contribution < 1.29 is 27.8 Å². The molecule has 1 aromatic rings. The van der Waals surface area contributed by atoms with E-state index in [4.69, 9.17) is 4.74 Å². The van der Waals surface area contributed by atoms with Crippen molar-refractivity contribution in [2.24, 2.45) is 0 Å². The van der Waals surface area contributed by atoms with Gasteiger partial charge >= 0.3 is 12.1 Å². The van der Waals surface area contributed by atoms with E-state index in [1.54, 1.807) is 0 Å². The third-order valence-electron chi connectivity index (χ3n) is 2.57. The Hall–Kier alpha value is -1.82. The lowest BCUT2D eigenvalue weighted by molar-refractivity contribution is -0.259. The van der Waals surface area contributed by atoms with Gasteiger partial charge in [0.1, 0.15) is 5.75 Å². The quantitative estimate of drug-likeness (QED) is 0.680. The number of ether oxygens (including phenoxy) is 1. The molecule has 19 heavy (non-hydrogen) atoms. The van der Waals surface area contributed by atoms with Crippen LogP contribution in [0.3, 0.4) is 0 Å². The highest BCUT2D eigenvalue weighted by atomic mass is 19.4. The molecule has 0 heterocycles. The van der Waals surface area contributed by atoms with Gasteiger partial charge in [-0.05, 0) is 18.6 Å². The number of carbonyl (C=O) groups excluding carboxylic acids is 1. The van der Waals surface area contributed by atoms with E-state index in [2.05, 4.69) is 6.58 Å². The van der Waals surface area contributed by atoms with Crippen molar-refractivity contribution in [1.82, 2.24) is 0 Å². The molecule has 1 atom stereocenters. The molecule has 0 saturated heterocycles. The van der Waals surface area contributed by atoms with Crippen LogP contribution >= 0.6 is 0 Å². The second kappa shape index (κ2) is 5.05. The van der Waals surface area contributed by atoms with Gasteiger partial charge in [0, 0.05) is 12.5 Å². The highest BCUT2D eigenvalue weighted by Crippen LogP contribution is 2.42. The van der Waals surface area contributed by atoms with Gasteiger partial charge in [0.25, 0.3) is 0 Å². The van der Waals surface area contributed by atoms with Crippen molar-refractivity contribution in [1.29, 1.82) is 0 Å². The molecule has 1 N–H and O–H groups in total. The van der Waals surface area contributed by atoms with Crippen molar-refractivity contribution in [3.8, 4) is 5.75 Å². The SMILES string of the molecule is C=Cc1ccc(C(C)(O)C(F)(F)F)c(OC(C)=O)c1. The Labute approximate surface area is 108 Å². The van der Waals surface area contributed by atoms with Crippen LogP contribution in [0.1, 0.15) is 25.0 Å². The van der Waals surface area contributed by atoms with Crippen molar-refractivity contribution in [3.05, 3.63) is 35.9 Å². The number of carbonyl (C=O) groups is 1. The molecule has 1 rings (SSSR count). The van der Waals surface area contributed by atoms with E-state index in [-0.39, 0.29) is 5.75 Å². The molecular formula is C13H13F3O3. The van der Waals surface area contributed by atoms with E-state index in [9.17, 15) is 23.1 Å². The Bertz CT molecular complexity index is 504. The van der Waals surface area contributed by atoms with Gasteiger partial charge in [-0.2, -0.15) is 13.2 Å². The molecule has 0 aromatic heterocycles. The monoisotopic (exact) mass is 274 g/mol. The lowest BCUT2D eigenvalue weighted by Crippen LogP contribution is -2.39. The first kappa shape index (κ1) is 15.2. The maximum Gasteiger partial charge on any atom is 0.421 e. The molecule has 0 aliphatic rings. The average molecular weight is 274 g/mol. The predicted octanol–water partition coefficient (Wildman–Crippen LogP) is 3.02. The summed E-state index contributed by atoms with van der Waals surface area (Å²) in [5.41, 5.74) is -3.17. The van der Waals surface area contributed by atoms with Crippen LogP contribution in [0.15, 0.2) is 24.8 Å². The summed E-state index contributed by atoms with van der Waals surface area (Å²) in [6, 6.07) is 3.61. The minimum atomic E-state index is -4.89. The molecule has 0 bridgehead atoms. The standard InChI is InChI=1S/C13H13F3O3/c1-4-9-5-6-10(11(7-9)19-8(2)17)12(3,18)13(14,15)16/h4-7,18H,1H2,2-3H3. The van der Waals surface area contributed by atoms with Crippen LogP contribution < -0.4 is 4.74 Å². The number of halogens is 3. The molecule has 104 valence electrons. The molecule has 3 nitrogen and oxygen atoms in total. The molecule has 1 unspecified atom stereocenters. The molecule has 0 saturated carbocycles. The van der Waals surface area contributed by atoms with Crippen molar-refractivity contribution >= 4 is 12.0 Å². The topological polar surface area (TPSA) is 46.5 Å². The first-order chi connectivity index (χ1) is 8.59. The fraction of sp³-hybridized carbons (Fsp3) is 0.308. The fourth-order valence-corrected chi connectivity index (χ4v) is 1.46. The lowest BCUT2D eigenvalue weighted by Gasteiger charge is -2.28. The van der Waals surface area contributed by atoms with Crippen molar-refractivity contribution in [3.63, 3.8) is 0 Å². The molecule has 0 spiro atoms. The summed E-state index contributed by atoms with van der Waals surface area (Å²) in [4.78, 5) is 10.9. The number of hydrogen-bond acceptors (Lipinski definition) is 3. The largest absolute Gasteiger partial charge is 0.426 e. The summed E-state index contributed by atoms with van der Waals surface area (Å²) in [7, 11) is 0. The van der Waals surface area contributed by atoms with E-state index >= 15 is 0 Å². The first-order valence-electron chi connectivity index (χ1n) is 5.34. The van der Waals surface area contributed by atoms with Gasteiger partial charge in [0.15, 0.2) is 5.60 Å². The first-order valence-corrected chi connectivity index (χ1v) is 5.34. The molecule has 0 aliphatic carbocycles. The zero-order chi connectivity index (χ0) is 14.8. The molecular weight excluding hydrogens is 261 g/mol. The second-order valence-electron chi connectivity index (χ2n) is 4.12. The lowest BCUT2D eigenvalue weighted by atomic mass is 9.93. The molecule has 0 fully saturated rings. The van der Waals surface area contributed by atoms with Crippen LogP contribution in [-0.4, -0.2) is 17.3 Å². The minimum absolute atomic E-state index is 0.341. The van der Waals surface area contributed by atoms with E-state index in [1.165, 1.54) is 18.2 Å². The number of rotatable bonds is 3. The zero-order valence-electron chi connectivity index (χ0n) is 10.4. The molecule has 0 radical (unpaired) electrons. The van der Waals surface area contributed by atoms with E-state index in [0.29, 0.717) is 12.5 Å². The molecule has 0 aliphatic heterocycles. The maximum atomic E-state index is 12.8. The van der Waals surface area contributed by atoms with E-state index in [0.717, 1.165) is 13.0 Å². The summed E-state index contributed by atoms with van der Waals surface area (Å²) in [6.45, 7) is 5.13. The van der Waals surface area contributed by atoms with Crippen LogP contribution in [0.4, 0.5) is 13.2 Å². The van der Waals surface area contributed by atoms with Crippen LogP contribution in [-0.2, 0) is 10.4 Å². The minimum Gasteiger partial charge on any atom is -0.426 e. The number of benzene rings is 1. The van der Waals surface area contributed by atoms with Gasteiger partial charge in [-0.15, -0.1) is 0 Å². The Kier molecular flexibility index (Phi) is 4.05. The average Bonchev–Trinajstić information content (AvgIpc) is 2.26.